The molecular weight excluding hydrogens is 429 g/mol. The zero-order valence-electron chi connectivity index (χ0n) is 21.0. The fourth-order valence-corrected chi connectivity index (χ4v) is 6.86. The van der Waals surface area contributed by atoms with E-state index in [0.29, 0.717) is 6.61 Å². The Morgan fingerprint density at radius 2 is 1.64 bits per heavy atom. The molecule has 8 heteroatoms. The molecule has 1 aliphatic heterocycles. The number of benzene rings is 1. The maximum Gasteiger partial charge on any atom is 0.494 e. The van der Waals surface area contributed by atoms with Crippen molar-refractivity contribution in [2.24, 2.45) is 0 Å². The van der Waals surface area contributed by atoms with Gasteiger partial charge in [-0.15, -0.1) is 0 Å². The van der Waals surface area contributed by atoms with Gasteiger partial charge in [-0.1, -0.05) is 39.0 Å². The van der Waals surface area contributed by atoms with Crippen LogP contribution in [-0.2, 0) is 20.3 Å². The minimum atomic E-state index is -1.66. The van der Waals surface area contributed by atoms with Gasteiger partial charge >= 0.3 is 7.12 Å². The van der Waals surface area contributed by atoms with Crippen LogP contribution in [0.4, 0.5) is 0 Å². The van der Waals surface area contributed by atoms with Crippen molar-refractivity contribution in [1.29, 1.82) is 0 Å². The fraction of sp³-hybridized carbons (Fsp3) is 0.520. The standard InChI is InChI=1S/C25H36BN3O3Si/c1-8-33(9-2,10-3)30-18-21-12-11-13-23(28-21)29-22-16-20(15-14-19(22)17-27-29)26-31-24(4,5)25(6,7)32-26/h11-17H,8-10,18H2,1-7H3. The number of hydrogen-bond donors (Lipinski definition) is 0. The van der Waals surface area contributed by atoms with Gasteiger partial charge in [-0.25, -0.2) is 9.67 Å². The summed E-state index contributed by atoms with van der Waals surface area (Å²) in [6.07, 6.45) is 1.87. The van der Waals surface area contributed by atoms with Crippen LogP contribution in [0.5, 0.6) is 0 Å². The lowest BCUT2D eigenvalue weighted by Gasteiger charge is -2.32. The van der Waals surface area contributed by atoms with Crippen LogP contribution >= 0.6 is 0 Å². The lowest BCUT2D eigenvalue weighted by atomic mass is 9.79. The van der Waals surface area contributed by atoms with Crippen LogP contribution < -0.4 is 5.46 Å². The fourth-order valence-electron chi connectivity index (χ4n) is 4.29. The van der Waals surface area contributed by atoms with Crippen molar-refractivity contribution < 1.29 is 13.7 Å². The van der Waals surface area contributed by atoms with Crippen molar-refractivity contribution in [3.8, 4) is 5.82 Å². The Bertz CT molecular complexity index is 1100. The van der Waals surface area contributed by atoms with Crippen molar-refractivity contribution in [3.63, 3.8) is 0 Å². The summed E-state index contributed by atoms with van der Waals surface area (Å²) in [4.78, 5) is 4.88. The van der Waals surface area contributed by atoms with E-state index in [2.05, 4.69) is 71.8 Å². The van der Waals surface area contributed by atoms with E-state index in [1.54, 1.807) is 0 Å². The summed E-state index contributed by atoms with van der Waals surface area (Å²) >= 11 is 0. The Labute approximate surface area is 198 Å². The third-order valence-corrected chi connectivity index (χ3v) is 12.2. The first-order valence-electron chi connectivity index (χ1n) is 12.1. The predicted octanol–water partition coefficient (Wildman–Crippen LogP) is 5.24. The molecule has 0 amide bonds. The summed E-state index contributed by atoms with van der Waals surface area (Å²) in [5.74, 6) is 0.786. The number of aromatic nitrogens is 3. The lowest BCUT2D eigenvalue weighted by molar-refractivity contribution is 0.00578. The first kappa shape index (κ1) is 24.1. The minimum Gasteiger partial charge on any atom is -0.411 e. The van der Waals surface area contributed by atoms with Crippen LogP contribution in [-0.4, -0.2) is 41.4 Å². The molecule has 2 aromatic heterocycles. The molecule has 1 fully saturated rings. The second-order valence-electron chi connectivity index (χ2n) is 9.98. The molecule has 6 nitrogen and oxygen atoms in total. The Morgan fingerprint density at radius 3 is 2.27 bits per heavy atom. The number of pyridine rings is 1. The second-order valence-corrected chi connectivity index (χ2v) is 14.8. The number of nitrogens with zero attached hydrogens (tertiary/aromatic N) is 3. The average molecular weight is 465 g/mol. The molecule has 3 aromatic rings. The maximum atomic E-state index is 6.46. The molecule has 0 unspecified atom stereocenters. The van der Waals surface area contributed by atoms with Crippen molar-refractivity contribution in [3.05, 3.63) is 48.3 Å². The molecule has 1 aromatic carbocycles. The molecule has 0 atom stereocenters. The molecule has 33 heavy (non-hydrogen) atoms. The number of fused-ring (bicyclic) bond motifs is 1. The maximum absolute atomic E-state index is 6.46. The van der Waals surface area contributed by atoms with Gasteiger partial charge in [0.1, 0.15) is 0 Å². The molecule has 3 heterocycles. The lowest BCUT2D eigenvalue weighted by Crippen LogP contribution is -2.41. The SMILES string of the molecule is CC[Si](CC)(CC)OCc1cccc(-n2ncc3ccc(B4OC(C)(C)C(C)(C)O4)cc32)n1. The summed E-state index contributed by atoms with van der Waals surface area (Å²) in [5, 5.41) is 5.68. The van der Waals surface area contributed by atoms with Gasteiger partial charge in [0.05, 0.1) is 35.2 Å². The van der Waals surface area contributed by atoms with Crippen molar-refractivity contribution >= 4 is 31.8 Å². The Kier molecular flexibility index (Phi) is 6.57. The second kappa shape index (κ2) is 8.98. The third kappa shape index (κ3) is 4.54. The van der Waals surface area contributed by atoms with Gasteiger partial charge in [0.2, 0.25) is 0 Å². The van der Waals surface area contributed by atoms with Crippen LogP contribution in [0.25, 0.3) is 16.7 Å². The Hall–Kier alpha value is -2.00. The normalized spacial score (nSPS) is 17.7. The van der Waals surface area contributed by atoms with Gasteiger partial charge in [0, 0.05) is 5.39 Å². The van der Waals surface area contributed by atoms with Gasteiger partial charge < -0.3 is 13.7 Å². The highest BCUT2D eigenvalue weighted by atomic mass is 28.4. The molecule has 1 aliphatic rings. The van der Waals surface area contributed by atoms with E-state index in [0.717, 1.165) is 46.0 Å². The first-order valence-corrected chi connectivity index (χ1v) is 14.6. The van der Waals surface area contributed by atoms with E-state index >= 15 is 0 Å². The monoisotopic (exact) mass is 465 g/mol. The van der Waals surface area contributed by atoms with Crippen LogP contribution in [0, 0.1) is 0 Å². The molecule has 0 saturated carbocycles. The summed E-state index contributed by atoms with van der Waals surface area (Å²) in [6.45, 7) is 15.6. The topological polar surface area (TPSA) is 58.4 Å². The quantitative estimate of drug-likeness (QED) is 0.426. The molecule has 0 radical (unpaired) electrons. The van der Waals surface area contributed by atoms with Gasteiger partial charge in [0.25, 0.3) is 0 Å². The average Bonchev–Trinajstić information content (AvgIpc) is 3.32. The molecule has 0 N–H and O–H groups in total. The van der Waals surface area contributed by atoms with E-state index in [4.69, 9.17) is 18.7 Å². The minimum absolute atomic E-state index is 0.378. The molecule has 1 saturated heterocycles. The number of rotatable bonds is 8. The van der Waals surface area contributed by atoms with Crippen molar-refractivity contribution in [1.82, 2.24) is 14.8 Å². The zero-order chi connectivity index (χ0) is 23.9. The van der Waals surface area contributed by atoms with Crippen LogP contribution in [0.15, 0.2) is 42.6 Å². The highest BCUT2D eigenvalue weighted by Crippen LogP contribution is 2.36. The van der Waals surface area contributed by atoms with Crippen molar-refractivity contribution in [2.75, 3.05) is 0 Å². The predicted molar refractivity (Wildman–Crippen MR) is 137 cm³/mol. The molecular formula is C25H36BN3O3Si. The van der Waals surface area contributed by atoms with Gasteiger partial charge in [-0.2, -0.15) is 5.10 Å². The molecule has 0 aliphatic carbocycles. The highest BCUT2D eigenvalue weighted by Gasteiger charge is 2.51. The molecule has 4 rings (SSSR count). The largest absolute Gasteiger partial charge is 0.494 e. The van der Waals surface area contributed by atoms with Crippen LogP contribution in [0.1, 0.15) is 54.2 Å². The Balaban J connectivity index is 1.62. The van der Waals surface area contributed by atoms with Gasteiger partial charge in [-0.05, 0) is 69.5 Å². The van der Waals surface area contributed by atoms with Crippen LogP contribution in [0.3, 0.4) is 0 Å². The van der Waals surface area contributed by atoms with Gasteiger partial charge in [-0.3, -0.25) is 0 Å². The molecule has 176 valence electrons. The summed E-state index contributed by atoms with van der Waals surface area (Å²) < 4.78 is 20.9. The van der Waals surface area contributed by atoms with Gasteiger partial charge in [0.15, 0.2) is 14.1 Å². The molecule has 0 bridgehead atoms. The third-order valence-electron chi connectivity index (χ3n) is 7.59. The van der Waals surface area contributed by atoms with E-state index in [1.165, 1.54) is 0 Å². The summed E-state index contributed by atoms with van der Waals surface area (Å²) in [5.41, 5.74) is 2.14. The highest BCUT2D eigenvalue weighted by molar-refractivity contribution is 6.73. The smallest absolute Gasteiger partial charge is 0.411 e. The van der Waals surface area contributed by atoms with Crippen molar-refractivity contribution in [2.45, 2.75) is 84.4 Å². The van der Waals surface area contributed by atoms with E-state index < -0.39 is 15.4 Å². The summed E-state index contributed by atoms with van der Waals surface area (Å²) in [7, 11) is -2.08. The van der Waals surface area contributed by atoms with E-state index in [9.17, 15) is 0 Å². The van der Waals surface area contributed by atoms with Crippen LogP contribution in [0.2, 0.25) is 18.1 Å². The van der Waals surface area contributed by atoms with E-state index in [-0.39, 0.29) is 11.2 Å². The van der Waals surface area contributed by atoms with E-state index in [1.807, 2.05) is 29.1 Å². The first-order chi connectivity index (χ1) is 15.6. The summed E-state index contributed by atoms with van der Waals surface area (Å²) in [6, 6.07) is 15.7. The zero-order valence-corrected chi connectivity index (χ0v) is 22.0. The number of hydrogen-bond acceptors (Lipinski definition) is 5. The molecule has 0 spiro atoms. The Morgan fingerprint density at radius 1 is 0.970 bits per heavy atom.